The Morgan fingerprint density at radius 2 is 1.39 bits per heavy atom. The van der Waals surface area contributed by atoms with E-state index in [9.17, 15) is 4.79 Å². The number of carbonyl (C=O) groups is 1. The molecule has 4 nitrogen and oxygen atoms in total. The Hall–Kier alpha value is -3.01. The molecular formula is C19H16O4. The summed E-state index contributed by atoms with van der Waals surface area (Å²) in [5.41, 5.74) is 0.151. The van der Waals surface area contributed by atoms with Gasteiger partial charge in [0.1, 0.15) is 30.3 Å². The van der Waals surface area contributed by atoms with E-state index in [1.807, 2.05) is 42.5 Å². The second-order valence-electron chi connectivity index (χ2n) is 4.98. The lowest BCUT2D eigenvalue weighted by Crippen LogP contribution is -2.11. The Balaban J connectivity index is 1.63. The van der Waals surface area contributed by atoms with Crippen LogP contribution >= 0.6 is 0 Å². The van der Waals surface area contributed by atoms with Gasteiger partial charge in [0.25, 0.3) is 0 Å². The lowest BCUT2D eigenvalue weighted by atomic mass is 10.1. The molecule has 0 unspecified atom stereocenters. The molecule has 0 spiro atoms. The van der Waals surface area contributed by atoms with E-state index in [-0.39, 0.29) is 12.2 Å². The van der Waals surface area contributed by atoms with Crippen LogP contribution in [-0.2, 0) is 0 Å². The molecule has 0 radical (unpaired) electrons. The average molecular weight is 308 g/mol. The first kappa shape index (κ1) is 14.9. The minimum Gasteiger partial charge on any atom is -0.489 e. The fourth-order valence-corrected chi connectivity index (χ4v) is 2.39. The number of ether oxygens (including phenoxy) is 2. The van der Waals surface area contributed by atoms with Crippen LogP contribution in [-0.4, -0.2) is 24.3 Å². The Labute approximate surface area is 133 Å². The molecule has 3 rings (SSSR count). The van der Waals surface area contributed by atoms with Crippen molar-refractivity contribution in [3.8, 4) is 11.5 Å². The van der Waals surface area contributed by atoms with E-state index in [4.69, 9.17) is 14.6 Å². The van der Waals surface area contributed by atoms with Crippen LogP contribution < -0.4 is 9.47 Å². The van der Waals surface area contributed by atoms with E-state index in [1.54, 1.807) is 18.2 Å². The van der Waals surface area contributed by atoms with Gasteiger partial charge in [-0.2, -0.15) is 0 Å². The summed E-state index contributed by atoms with van der Waals surface area (Å²) in [5.74, 6) is 0.135. The highest BCUT2D eigenvalue weighted by Crippen LogP contribution is 2.25. The first-order valence-corrected chi connectivity index (χ1v) is 7.31. The van der Waals surface area contributed by atoms with Gasteiger partial charge in [-0.15, -0.1) is 0 Å². The van der Waals surface area contributed by atoms with Gasteiger partial charge < -0.3 is 14.6 Å². The molecule has 0 amide bonds. The normalized spacial score (nSPS) is 10.4. The van der Waals surface area contributed by atoms with Crippen LogP contribution in [0.15, 0.2) is 66.7 Å². The molecule has 23 heavy (non-hydrogen) atoms. The quantitative estimate of drug-likeness (QED) is 0.699. The standard InChI is InChI=1S/C19H16O4/c20-19(21)16-9-3-4-10-18(16)23-13-12-22-17-11-5-7-14-6-1-2-8-15(14)17/h1-11H,12-13H2,(H,20,21). The van der Waals surface area contributed by atoms with E-state index in [2.05, 4.69) is 0 Å². The van der Waals surface area contributed by atoms with Gasteiger partial charge in [0.05, 0.1) is 0 Å². The predicted octanol–water partition coefficient (Wildman–Crippen LogP) is 4.00. The molecule has 0 aliphatic carbocycles. The summed E-state index contributed by atoms with van der Waals surface area (Å²) in [6.45, 7) is 0.607. The van der Waals surface area contributed by atoms with Gasteiger partial charge >= 0.3 is 5.97 Å². The van der Waals surface area contributed by atoms with Crippen LogP contribution in [0.25, 0.3) is 10.8 Å². The lowest BCUT2D eigenvalue weighted by molar-refractivity contribution is 0.0691. The van der Waals surface area contributed by atoms with Crippen molar-refractivity contribution in [2.75, 3.05) is 13.2 Å². The molecule has 0 saturated heterocycles. The maximum Gasteiger partial charge on any atom is 0.339 e. The van der Waals surface area contributed by atoms with E-state index in [0.717, 1.165) is 16.5 Å². The van der Waals surface area contributed by atoms with Crippen LogP contribution in [0, 0.1) is 0 Å². The highest BCUT2D eigenvalue weighted by Gasteiger charge is 2.10. The number of benzene rings is 3. The molecule has 0 saturated carbocycles. The zero-order valence-corrected chi connectivity index (χ0v) is 12.4. The van der Waals surface area contributed by atoms with Crippen molar-refractivity contribution in [3.05, 3.63) is 72.3 Å². The van der Waals surface area contributed by atoms with Crippen LogP contribution in [0.4, 0.5) is 0 Å². The van der Waals surface area contributed by atoms with Gasteiger partial charge in [-0.3, -0.25) is 0 Å². The molecule has 0 aliphatic rings. The van der Waals surface area contributed by atoms with Crippen molar-refractivity contribution < 1.29 is 19.4 Å². The Bertz CT molecular complexity index is 821. The van der Waals surface area contributed by atoms with Crippen LogP contribution in [0.1, 0.15) is 10.4 Å². The third kappa shape index (κ3) is 3.43. The summed E-state index contributed by atoms with van der Waals surface area (Å²) in [5, 5.41) is 11.3. The number of hydrogen-bond donors (Lipinski definition) is 1. The Kier molecular flexibility index (Phi) is 4.43. The molecule has 1 N–H and O–H groups in total. The molecule has 0 bridgehead atoms. The highest BCUT2D eigenvalue weighted by atomic mass is 16.5. The number of para-hydroxylation sites is 1. The van der Waals surface area contributed by atoms with Crippen molar-refractivity contribution in [1.29, 1.82) is 0 Å². The minimum absolute atomic E-state index is 0.151. The van der Waals surface area contributed by atoms with E-state index in [0.29, 0.717) is 12.4 Å². The number of fused-ring (bicyclic) bond motifs is 1. The fraction of sp³-hybridized carbons (Fsp3) is 0.105. The largest absolute Gasteiger partial charge is 0.489 e. The zero-order valence-electron chi connectivity index (χ0n) is 12.4. The topological polar surface area (TPSA) is 55.8 Å². The predicted molar refractivity (Wildman–Crippen MR) is 88.3 cm³/mol. The number of carboxylic acids is 1. The van der Waals surface area contributed by atoms with Gasteiger partial charge in [0, 0.05) is 5.39 Å². The Morgan fingerprint density at radius 3 is 2.22 bits per heavy atom. The zero-order chi connectivity index (χ0) is 16.1. The maximum absolute atomic E-state index is 11.1. The molecule has 3 aromatic rings. The van der Waals surface area contributed by atoms with Crippen molar-refractivity contribution >= 4 is 16.7 Å². The third-order valence-corrected chi connectivity index (χ3v) is 3.47. The number of carboxylic acid groups (broad SMARTS) is 1. The summed E-state index contributed by atoms with van der Waals surface area (Å²) in [6.07, 6.45) is 0. The molecule has 3 aromatic carbocycles. The maximum atomic E-state index is 11.1. The van der Waals surface area contributed by atoms with Gasteiger partial charge in [-0.1, -0.05) is 48.5 Å². The highest BCUT2D eigenvalue weighted by molar-refractivity contribution is 5.90. The van der Waals surface area contributed by atoms with Crippen LogP contribution in [0.3, 0.4) is 0 Å². The van der Waals surface area contributed by atoms with Gasteiger partial charge in [0.15, 0.2) is 0 Å². The summed E-state index contributed by atoms with van der Waals surface area (Å²) in [7, 11) is 0. The molecule has 0 aliphatic heterocycles. The summed E-state index contributed by atoms with van der Waals surface area (Å²) >= 11 is 0. The SMILES string of the molecule is O=C(O)c1ccccc1OCCOc1cccc2ccccc12. The molecule has 0 atom stereocenters. The second-order valence-corrected chi connectivity index (χ2v) is 4.98. The molecule has 0 heterocycles. The van der Waals surface area contributed by atoms with Crippen molar-refractivity contribution in [1.82, 2.24) is 0 Å². The van der Waals surface area contributed by atoms with Crippen molar-refractivity contribution in [2.24, 2.45) is 0 Å². The fourth-order valence-electron chi connectivity index (χ4n) is 2.39. The molecule has 0 fully saturated rings. The smallest absolute Gasteiger partial charge is 0.339 e. The molecule has 0 aromatic heterocycles. The van der Waals surface area contributed by atoms with Gasteiger partial charge in [-0.05, 0) is 23.6 Å². The Morgan fingerprint density at radius 1 is 0.783 bits per heavy atom. The van der Waals surface area contributed by atoms with Crippen molar-refractivity contribution in [3.63, 3.8) is 0 Å². The summed E-state index contributed by atoms with van der Waals surface area (Å²) in [4.78, 5) is 11.1. The summed E-state index contributed by atoms with van der Waals surface area (Å²) < 4.78 is 11.3. The van der Waals surface area contributed by atoms with Crippen molar-refractivity contribution in [2.45, 2.75) is 0 Å². The summed E-state index contributed by atoms with van der Waals surface area (Å²) in [6, 6.07) is 20.4. The van der Waals surface area contributed by atoms with E-state index < -0.39 is 5.97 Å². The van der Waals surface area contributed by atoms with Crippen LogP contribution in [0.2, 0.25) is 0 Å². The molecule has 4 heteroatoms. The molecular weight excluding hydrogens is 292 g/mol. The molecule has 116 valence electrons. The minimum atomic E-state index is -1.00. The average Bonchev–Trinajstić information content (AvgIpc) is 2.59. The van der Waals surface area contributed by atoms with Crippen LogP contribution in [0.5, 0.6) is 11.5 Å². The number of aromatic carboxylic acids is 1. The second kappa shape index (κ2) is 6.83. The number of rotatable bonds is 6. The first-order chi connectivity index (χ1) is 11.3. The van der Waals surface area contributed by atoms with E-state index in [1.165, 1.54) is 6.07 Å². The lowest BCUT2D eigenvalue weighted by Gasteiger charge is -2.11. The first-order valence-electron chi connectivity index (χ1n) is 7.31. The van der Waals surface area contributed by atoms with E-state index >= 15 is 0 Å². The monoisotopic (exact) mass is 308 g/mol. The van der Waals surface area contributed by atoms with Gasteiger partial charge in [-0.25, -0.2) is 4.79 Å². The third-order valence-electron chi connectivity index (χ3n) is 3.47. The van der Waals surface area contributed by atoms with Gasteiger partial charge in [0.2, 0.25) is 0 Å². The number of hydrogen-bond acceptors (Lipinski definition) is 3.